The molecule has 0 spiro atoms. The molecule has 0 saturated carbocycles. The number of hydrogen-bond donors (Lipinski definition) is 0. The molecule has 36 valence electrons. The average Bonchev–Trinajstić information content (AvgIpc) is 1.79. The molecule has 1 aliphatic heterocycles. The van der Waals surface area contributed by atoms with E-state index in [0.717, 1.165) is 0 Å². The van der Waals surface area contributed by atoms with Crippen molar-refractivity contribution >= 4 is 5.97 Å². The number of hydrogen-bond acceptors (Lipinski definition) is 2. The number of cyclic esters (lactones) is 1. The van der Waals surface area contributed by atoms with Gasteiger partial charge in [0, 0.05) is 0 Å². The molecule has 0 aromatic carbocycles. The fourth-order valence-corrected chi connectivity index (χ4v) is 0.140. The molecule has 0 aromatic rings. The van der Waals surface area contributed by atoms with Crippen molar-refractivity contribution < 1.29 is 15.0 Å². The van der Waals surface area contributed by atoms with E-state index in [4.69, 9.17) is 0 Å². The second-order valence-corrected chi connectivity index (χ2v) is 1.08. The largest absolute Gasteiger partial charge is 0.448 e. The lowest BCUT2D eigenvalue weighted by atomic mass is 10.6. The van der Waals surface area contributed by atoms with Crippen LogP contribution in [0.25, 0.3) is 0 Å². The third-order valence-corrected chi connectivity index (χ3v) is 0.568. The third-order valence-electron chi connectivity index (χ3n) is 0.568. The molecule has 0 aliphatic carbocycles. The molecule has 1 saturated heterocycles. The van der Waals surface area contributed by atoms with Gasteiger partial charge < -0.3 is 10.2 Å². The van der Waals surface area contributed by atoms with Crippen LogP contribution in [0.1, 0.15) is 6.92 Å². The van der Waals surface area contributed by atoms with Gasteiger partial charge in [-0.3, -0.25) is 0 Å². The quantitative estimate of drug-likeness (QED) is 0.362. The zero-order valence-corrected chi connectivity index (χ0v) is 3.39. The second-order valence-electron chi connectivity index (χ2n) is 1.08. The highest BCUT2D eigenvalue weighted by Crippen LogP contribution is 2.08. The molecule has 0 aromatic heterocycles. The lowest BCUT2D eigenvalue weighted by Crippen LogP contribution is -1.68. The molecule has 0 amide bonds. The van der Waals surface area contributed by atoms with Crippen molar-refractivity contribution in [2.45, 2.75) is 13.0 Å². The van der Waals surface area contributed by atoms with Gasteiger partial charge in [-0.2, -0.15) is 0 Å². The van der Waals surface area contributed by atoms with E-state index in [0.29, 0.717) is 0 Å². The minimum atomic E-state index is -0.0880. The van der Waals surface area contributed by atoms with Gasteiger partial charge in [0.25, 0.3) is 0 Å². The van der Waals surface area contributed by atoms with Crippen LogP contribution in [0.3, 0.4) is 0 Å². The van der Waals surface area contributed by atoms with Crippen molar-refractivity contribution in [2.75, 3.05) is 0 Å². The van der Waals surface area contributed by atoms with Crippen molar-refractivity contribution in [3.05, 3.63) is 0 Å². The maximum atomic E-state index is 9.66. The van der Waals surface area contributed by atoms with Crippen LogP contribution in [-0.2, 0) is 9.53 Å². The molecule has 1 fully saturated rings. The molecular formula is C3H6O3. The second kappa shape index (κ2) is 1.26. The molecule has 6 heavy (non-hydrogen) atoms. The first-order chi connectivity index (χ1) is 2.30. The van der Waals surface area contributed by atoms with Gasteiger partial charge in [-0.15, -0.1) is 0 Å². The van der Waals surface area contributed by atoms with Gasteiger partial charge in [0.1, 0.15) is 0 Å². The van der Waals surface area contributed by atoms with E-state index in [9.17, 15) is 4.79 Å². The summed E-state index contributed by atoms with van der Waals surface area (Å²) in [5, 5.41) is 0. The van der Waals surface area contributed by atoms with Gasteiger partial charge in [0.15, 0.2) is 6.10 Å². The highest BCUT2D eigenvalue weighted by Gasteiger charge is 2.31. The van der Waals surface area contributed by atoms with E-state index in [1.54, 1.807) is 6.92 Å². The summed E-state index contributed by atoms with van der Waals surface area (Å²) >= 11 is 0. The van der Waals surface area contributed by atoms with E-state index < -0.39 is 0 Å². The third kappa shape index (κ3) is 0.687. The Morgan fingerprint density at radius 3 is 2.00 bits per heavy atom. The zero-order chi connectivity index (χ0) is 3.86. The Balaban J connectivity index is 0.000000250. The van der Waals surface area contributed by atoms with Crippen LogP contribution < -0.4 is 0 Å². The number of carbonyl (C=O) groups excluding carboxylic acids is 1. The van der Waals surface area contributed by atoms with Gasteiger partial charge in [0.2, 0.25) is 0 Å². The lowest BCUT2D eigenvalue weighted by Gasteiger charge is -1.47. The topological polar surface area (TPSA) is 61.1 Å². The predicted octanol–water partition coefficient (Wildman–Crippen LogP) is -0.893. The van der Waals surface area contributed by atoms with Crippen molar-refractivity contribution in [1.82, 2.24) is 0 Å². The van der Waals surface area contributed by atoms with Crippen LogP contribution in [0.15, 0.2) is 0 Å². The standard InChI is InChI=1S/C3H4O2.H2O/c1-2-3(4)5-2;/h2H,1H3;1H2. The van der Waals surface area contributed by atoms with E-state index in [-0.39, 0.29) is 17.5 Å². The van der Waals surface area contributed by atoms with Gasteiger partial charge in [-0.1, -0.05) is 0 Å². The summed E-state index contributed by atoms with van der Waals surface area (Å²) < 4.78 is 4.28. The lowest BCUT2D eigenvalue weighted by molar-refractivity contribution is -0.117. The normalized spacial score (nSPS) is 27.5. The van der Waals surface area contributed by atoms with Gasteiger partial charge >= 0.3 is 5.97 Å². The number of rotatable bonds is 0. The van der Waals surface area contributed by atoms with Crippen LogP contribution in [0.5, 0.6) is 0 Å². The van der Waals surface area contributed by atoms with Crippen molar-refractivity contribution in [1.29, 1.82) is 0 Å². The number of ether oxygens (including phenoxy) is 1. The van der Waals surface area contributed by atoms with E-state index in [2.05, 4.69) is 4.74 Å². The van der Waals surface area contributed by atoms with Crippen LogP contribution in [0, 0.1) is 0 Å². The van der Waals surface area contributed by atoms with Gasteiger partial charge in [0.05, 0.1) is 0 Å². The number of epoxide rings is 1. The van der Waals surface area contributed by atoms with E-state index in [1.165, 1.54) is 0 Å². The van der Waals surface area contributed by atoms with Crippen LogP contribution in [0.2, 0.25) is 0 Å². The molecule has 1 aliphatic rings. The zero-order valence-electron chi connectivity index (χ0n) is 3.39. The van der Waals surface area contributed by atoms with Gasteiger partial charge in [-0.05, 0) is 6.92 Å². The molecule has 0 bridgehead atoms. The molecule has 2 N–H and O–H groups in total. The van der Waals surface area contributed by atoms with E-state index >= 15 is 0 Å². The minimum absolute atomic E-state index is 0. The molecule has 1 rings (SSSR count). The summed E-state index contributed by atoms with van der Waals surface area (Å²) in [5.41, 5.74) is 0. The van der Waals surface area contributed by atoms with Crippen LogP contribution in [-0.4, -0.2) is 17.5 Å². The Kier molecular flexibility index (Phi) is 1.14. The predicted molar refractivity (Wildman–Crippen MR) is 19.2 cm³/mol. The molecular weight excluding hydrogens is 84.0 g/mol. The summed E-state index contributed by atoms with van der Waals surface area (Å²) in [4.78, 5) is 9.66. The summed E-state index contributed by atoms with van der Waals surface area (Å²) in [6, 6.07) is 0. The monoisotopic (exact) mass is 90.0 g/mol. The number of carbonyl (C=O) groups is 1. The average molecular weight is 90.1 g/mol. The first kappa shape index (κ1) is 5.43. The first-order valence-corrected chi connectivity index (χ1v) is 1.51. The van der Waals surface area contributed by atoms with Gasteiger partial charge in [-0.25, -0.2) is 4.79 Å². The fourth-order valence-electron chi connectivity index (χ4n) is 0.140. The first-order valence-electron chi connectivity index (χ1n) is 1.51. The Morgan fingerprint density at radius 1 is 1.83 bits per heavy atom. The van der Waals surface area contributed by atoms with Crippen molar-refractivity contribution in [3.8, 4) is 0 Å². The maximum absolute atomic E-state index is 9.66. The minimum Gasteiger partial charge on any atom is -0.448 e. The Labute approximate surface area is 35.2 Å². The van der Waals surface area contributed by atoms with Crippen molar-refractivity contribution in [2.24, 2.45) is 0 Å². The summed E-state index contributed by atoms with van der Waals surface area (Å²) in [7, 11) is 0. The summed E-state index contributed by atoms with van der Waals surface area (Å²) in [6.07, 6.45) is -0.0880. The molecule has 1 unspecified atom stereocenters. The molecule has 1 heterocycles. The van der Waals surface area contributed by atoms with Crippen LogP contribution >= 0.6 is 0 Å². The SMILES string of the molecule is CC1OC1=O.O. The molecule has 1 atom stereocenters. The molecule has 3 heteroatoms. The summed E-state index contributed by atoms with van der Waals surface area (Å²) in [6.45, 7) is 1.72. The van der Waals surface area contributed by atoms with Crippen LogP contribution in [0.4, 0.5) is 0 Å². The van der Waals surface area contributed by atoms with E-state index in [1.807, 2.05) is 0 Å². The maximum Gasteiger partial charge on any atom is 0.347 e. The smallest absolute Gasteiger partial charge is 0.347 e. The Morgan fingerprint density at radius 2 is 2.00 bits per heavy atom. The molecule has 3 nitrogen and oxygen atoms in total. The fraction of sp³-hybridized carbons (Fsp3) is 0.667. The summed E-state index contributed by atoms with van der Waals surface area (Å²) in [5.74, 6) is -0.0787. The highest BCUT2D eigenvalue weighted by molar-refractivity contribution is 5.86. The highest BCUT2D eigenvalue weighted by atomic mass is 16.6. The molecule has 0 radical (unpaired) electrons. The van der Waals surface area contributed by atoms with Crippen molar-refractivity contribution in [3.63, 3.8) is 0 Å². The Hall–Kier alpha value is -0.570. The Bertz CT molecular complexity index is 68.4.